The molecule has 0 unspecified atom stereocenters. The fourth-order valence-electron chi connectivity index (χ4n) is 4.68. The zero-order valence-electron chi connectivity index (χ0n) is 17.0. The van der Waals surface area contributed by atoms with Crippen molar-refractivity contribution < 1.29 is 14.7 Å². The number of thiophene rings is 1. The Balaban J connectivity index is 1.81. The predicted octanol–water partition coefficient (Wildman–Crippen LogP) is 3.66. The molecule has 1 aromatic heterocycles. The molecule has 0 radical (unpaired) electrons. The Kier molecular flexibility index (Phi) is 6.14. The first-order valence-corrected chi connectivity index (χ1v) is 11.2. The number of fused-ring (bicyclic) bond motifs is 1. The summed E-state index contributed by atoms with van der Waals surface area (Å²) in [5.74, 6) is -2.16. The number of nitriles is 1. The van der Waals surface area contributed by atoms with Crippen LogP contribution in [0.2, 0.25) is 0 Å². The highest BCUT2D eigenvalue weighted by atomic mass is 32.1. The number of rotatable bonds is 5. The number of hydrogen-bond donors (Lipinski definition) is 1. The van der Waals surface area contributed by atoms with Crippen LogP contribution in [0.3, 0.4) is 0 Å². The van der Waals surface area contributed by atoms with Crippen molar-refractivity contribution in [3.63, 3.8) is 0 Å². The van der Waals surface area contributed by atoms with Gasteiger partial charge in [0.2, 0.25) is 5.91 Å². The first-order valence-electron chi connectivity index (χ1n) is 10.3. The molecule has 0 bridgehead atoms. The van der Waals surface area contributed by atoms with Crippen LogP contribution >= 0.6 is 11.3 Å². The molecule has 5 nitrogen and oxygen atoms in total. The number of anilines is 1. The van der Waals surface area contributed by atoms with E-state index in [-0.39, 0.29) is 11.3 Å². The summed E-state index contributed by atoms with van der Waals surface area (Å²) in [4.78, 5) is 25.4. The summed E-state index contributed by atoms with van der Waals surface area (Å²) in [6, 6.07) is 2.28. The quantitative estimate of drug-likeness (QED) is 0.815. The molecule has 3 rings (SSSR count). The molecule has 1 fully saturated rings. The van der Waals surface area contributed by atoms with Gasteiger partial charge in [-0.15, -0.1) is 11.3 Å². The topological polar surface area (TPSA) is 93.0 Å². The van der Waals surface area contributed by atoms with Crippen LogP contribution in [0.4, 0.5) is 5.00 Å². The fourth-order valence-corrected chi connectivity index (χ4v) is 5.96. The van der Waals surface area contributed by atoms with E-state index in [9.17, 15) is 20.0 Å². The summed E-state index contributed by atoms with van der Waals surface area (Å²) in [7, 11) is 0. The van der Waals surface area contributed by atoms with E-state index < -0.39 is 17.8 Å². The molecule has 28 heavy (non-hydrogen) atoms. The van der Waals surface area contributed by atoms with Gasteiger partial charge in [0.15, 0.2) is 0 Å². The van der Waals surface area contributed by atoms with Crippen LogP contribution in [0.5, 0.6) is 0 Å². The molecule has 0 aromatic carbocycles. The summed E-state index contributed by atoms with van der Waals surface area (Å²) in [6.07, 6.45) is 6.68. The fraction of sp³-hybridized carbons (Fsp3) is 0.682. The van der Waals surface area contributed by atoms with Crippen molar-refractivity contribution in [3.05, 3.63) is 16.0 Å². The summed E-state index contributed by atoms with van der Waals surface area (Å²) < 4.78 is 0. The first kappa shape index (κ1) is 20.9. The second-order valence-electron chi connectivity index (χ2n) is 8.91. The minimum atomic E-state index is -1.14. The largest absolute Gasteiger partial charge is 0.550 e. The number of carbonyl (C=O) groups excluding carboxylic acids is 2. The lowest BCUT2D eigenvalue weighted by Crippen LogP contribution is -2.42. The predicted molar refractivity (Wildman–Crippen MR) is 108 cm³/mol. The maximum atomic E-state index is 12.8. The third-order valence-corrected chi connectivity index (χ3v) is 8.21. The molecule has 0 spiro atoms. The lowest BCUT2D eigenvalue weighted by atomic mass is 9.69. The standard InChI is InChI=1S/C22H30N2O3S/c1-4-22(2,3)13-9-10-14-17(12-23)20(28-18(14)11-13)24-19(25)15-7-5-6-8-16(15)21(26)27/h13,15-16H,4-11H2,1-3H3,(H,24,25)(H,26,27)/p-1/t13-,15+,16-/m0/s1. The lowest BCUT2D eigenvalue weighted by Gasteiger charge is -2.36. The molecule has 1 saturated carbocycles. The third-order valence-electron chi connectivity index (χ3n) is 7.04. The van der Waals surface area contributed by atoms with Gasteiger partial charge in [0.1, 0.15) is 11.1 Å². The SMILES string of the molecule is CCC(C)(C)[C@H]1CCc2c(sc(NC(=O)[C@@H]3CCCC[C@@H]3C(=O)[O-])c2C#N)C1. The molecule has 6 heteroatoms. The molecular formula is C22H29N2O3S-. The molecule has 152 valence electrons. The average Bonchev–Trinajstić information content (AvgIpc) is 3.03. The van der Waals surface area contributed by atoms with Gasteiger partial charge in [0, 0.05) is 22.7 Å². The van der Waals surface area contributed by atoms with Crippen LogP contribution < -0.4 is 10.4 Å². The van der Waals surface area contributed by atoms with Gasteiger partial charge in [0.05, 0.1) is 5.56 Å². The van der Waals surface area contributed by atoms with Crippen LogP contribution in [-0.2, 0) is 22.4 Å². The second kappa shape index (κ2) is 8.24. The van der Waals surface area contributed by atoms with E-state index in [0.29, 0.717) is 29.3 Å². The van der Waals surface area contributed by atoms with Crippen molar-refractivity contribution in [2.45, 2.75) is 72.1 Å². The number of nitrogens with one attached hydrogen (secondary N) is 1. The smallest absolute Gasteiger partial charge is 0.228 e. The maximum absolute atomic E-state index is 12.8. The number of nitrogens with zero attached hydrogens (tertiary/aromatic N) is 1. The van der Waals surface area contributed by atoms with Gasteiger partial charge in [-0.05, 0) is 49.0 Å². The van der Waals surface area contributed by atoms with Crippen molar-refractivity contribution in [3.8, 4) is 6.07 Å². The number of carbonyl (C=O) groups is 2. The van der Waals surface area contributed by atoms with E-state index in [2.05, 4.69) is 32.2 Å². The normalized spacial score (nSPS) is 24.9. The zero-order chi connectivity index (χ0) is 20.5. The van der Waals surface area contributed by atoms with Gasteiger partial charge in [0.25, 0.3) is 0 Å². The van der Waals surface area contributed by atoms with E-state index in [4.69, 9.17) is 0 Å². The maximum Gasteiger partial charge on any atom is 0.228 e. The van der Waals surface area contributed by atoms with E-state index in [1.165, 1.54) is 16.2 Å². The summed E-state index contributed by atoms with van der Waals surface area (Å²) >= 11 is 1.50. The Morgan fingerprint density at radius 2 is 1.93 bits per heavy atom. The van der Waals surface area contributed by atoms with Crippen molar-refractivity contribution in [2.75, 3.05) is 5.32 Å². The van der Waals surface area contributed by atoms with Crippen LogP contribution in [0.15, 0.2) is 0 Å². The molecule has 0 aliphatic heterocycles. The van der Waals surface area contributed by atoms with Crippen LogP contribution in [-0.4, -0.2) is 11.9 Å². The molecule has 2 aliphatic rings. The third kappa shape index (κ3) is 3.96. The van der Waals surface area contributed by atoms with Crippen molar-refractivity contribution in [1.82, 2.24) is 0 Å². The second-order valence-corrected chi connectivity index (χ2v) is 10.0. The summed E-state index contributed by atoms with van der Waals surface area (Å²) in [5.41, 5.74) is 1.90. The lowest BCUT2D eigenvalue weighted by molar-refractivity contribution is -0.313. The highest BCUT2D eigenvalue weighted by Crippen LogP contribution is 2.45. The van der Waals surface area contributed by atoms with E-state index in [0.717, 1.165) is 44.1 Å². The highest BCUT2D eigenvalue weighted by Gasteiger charge is 2.36. The van der Waals surface area contributed by atoms with Crippen LogP contribution in [0.25, 0.3) is 0 Å². The minimum Gasteiger partial charge on any atom is -0.550 e. The molecule has 1 amide bonds. The molecule has 3 atom stereocenters. The van der Waals surface area contributed by atoms with Crippen molar-refractivity contribution >= 4 is 28.2 Å². The van der Waals surface area contributed by atoms with Gasteiger partial charge in [-0.25, -0.2) is 0 Å². The average molecular weight is 402 g/mol. The number of carboxylic acids is 1. The van der Waals surface area contributed by atoms with E-state index >= 15 is 0 Å². The van der Waals surface area contributed by atoms with Crippen molar-refractivity contribution in [2.24, 2.45) is 23.2 Å². The van der Waals surface area contributed by atoms with Crippen LogP contribution in [0.1, 0.15) is 75.3 Å². The van der Waals surface area contributed by atoms with Gasteiger partial charge >= 0.3 is 0 Å². The highest BCUT2D eigenvalue weighted by molar-refractivity contribution is 7.16. The summed E-state index contributed by atoms with van der Waals surface area (Å²) in [6.45, 7) is 6.81. The Morgan fingerprint density at radius 3 is 2.54 bits per heavy atom. The zero-order valence-corrected chi connectivity index (χ0v) is 17.8. The first-order chi connectivity index (χ1) is 13.3. The Bertz CT molecular complexity index is 805. The van der Waals surface area contributed by atoms with E-state index in [1.54, 1.807) is 0 Å². The van der Waals surface area contributed by atoms with Gasteiger partial charge in [-0.1, -0.05) is 40.0 Å². The Morgan fingerprint density at radius 1 is 1.25 bits per heavy atom. The monoisotopic (exact) mass is 401 g/mol. The Hall–Kier alpha value is -1.87. The molecule has 1 heterocycles. The minimum absolute atomic E-state index is 0.252. The number of hydrogen-bond acceptors (Lipinski definition) is 5. The number of amides is 1. The van der Waals surface area contributed by atoms with Gasteiger partial charge in [-0.2, -0.15) is 5.26 Å². The molecule has 1 aromatic rings. The van der Waals surface area contributed by atoms with Gasteiger partial charge < -0.3 is 15.2 Å². The number of aliphatic carboxylic acids is 1. The molecule has 2 aliphatic carbocycles. The van der Waals surface area contributed by atoms with E-state index in [1.807, 2.05) is 0 Å². The molecular weight excluding hydrogens is 372 g/mol. The molecule has 0 saturated heterocycles. The van der Waals surface area contributed by atoms with Crippen molar-refractivity contribution in [1.29, 1.82) is 5.26 Å². The Labute approximate surface area is 171 Å². The molecule has 1 N–H and O–H groups in total. The van der Waals surface area contributed by atoms with Crippen LogP contribution in [0, 0.1) is 34.5 Å². The summed E-state index contributed by atoms with van der Waals surface area (Å²) in [5, 5.41) is 24.6. The number of carboxylic acid groups (broad SMARTS) is 1. The van der Waals surface area contributed by atoms with Gasteiger partial charge in [-0.3, -0.25) is 4.79 Å².